The van der Waals surface area contributed by atoms with Crippen LogP contribution >= 0.6 is 0 Å². The summed E-state index contributed by atoms with van der Waals surface area (Å²) in [4.78, 5) is 37.1. The van der Waals surface area contributed by atoms with Crippen LogP contribution in [0.2, 0.25) is 0 Å². The van der Waals surface area contributed by atoms with E-state index in [-0.39, 0.29) is 23.6 Å². The number of hydrogen-bond acceptors (Lipinski definition) is 5. The second-order valence-electron chi connectivity index (χ2n) is 5.52. The average molecular weight is 340 g/mol. The lowest BCUT2D eigenvalue weighted by molar-refractivity contribution is -0.121. The van der Waals surface area contributed by atoms with Gasteiger partial charge in [0.1, 0.15) is 11.8 Å². The monoisotopic (exact) mass is 340 g/mol. The van der Waals surface area contributed by atoms with Crippen molar-refractivity contribution in [2.75, 3.05) is 17.3 Å². The van der Waals surface area contributed by atoms with Crippen LogP contribution in [-0.2, 0) is 9.59 Å². The van der Waals surface area contributed by atoms with Crippen molar-refractivity contribution in [1.29, 1.82) is 0 Å². The van der Waals surface area contributed by atoms with E-state index in [0.29, 0.717) is 11.4 Å². The summed E-state index contributed by atoms with van der Waals surface area (Å²) in [6, 6.07) is 12.1. The number of aromatic carboxylic acids is 1. The Morgan fingerprint density at radius 3 is 2.68 bits per heavy atom. The molecule has 2 aromatic carbocycles. The van der Waals surface area contributed by atoms with E-state index < -0.39 is 17.9 Å². The second kappa shape index (κ2) is 6.64. The summed E-state index contributed by atoms with van der Waals surface area (Å²) in [6.45, 7) is 0. The fourth-order valence-corrected chi connectivity index (χ4v) is 2.75. The van der Waals surface area contributed by atoms with Crippen molar-refractivity contribution in [3.8, 4) is 5.75 Å². The predicted molar refractivity (Wildman–Crippen MR) is 90.9 cm³/mol. The third-order valence-corrected chi connectivity index (χ3v) is 3.93. The fraction of sp³-hybridized carbons (Fsp3) is 0.167. The Kier molecular flexibility index (Phi) is 4.38. The van der Waals surface area contributed by atoms with Crippen molar-refractivity contribution in [1.82, 2.24) is 0 Å². The van der Waals surface area contributed by atoms with Gasteiger partial charge in [-0.1, -0.05) is 18.2 Å². The average Bonchev–Trinajstić information content (AvgIpc) is 2.89. The first-order valence-corrected chi connectivity index (χ1v) is 7.61. The molecule has 25 heavy (non-hydrogen) atoms. The normalized spacial score (nSPS) is 16.8. The summed E-state index contributed by atoms with van der Waals surface area (Å²) < 4.78 is 5.23. The predicted octanol–water partition coefficient (Wildman–Crippen LogP) is 2.14. The Hall–Kier alpha value is -3.35. The number of carbonyl (C=O) groups is 3. The van der Waals surface area contributed by atoms with Gasteiger partial charge in [-0.15, -0.1) is 0 Å². The molecule has 7 nitrogen and oxygen atoms in total. The summed E-state index contributed by atoms with van der Waals surface area (Å²) in [7, 11) is 1.52. The molecule has 1 aliphatic heterocycles. The van der Waals surface area contributed by atoms with E-state index in [4.69, 9.17) is 9.84 Å². The van der Waals surface area contributed by atoms with Gasteiger partial charge in [0.15, 0.2) is 0 Å². The van der Waals surface area contributed by atoms with Crippen molar-refractivity contribution in [3.63, 3.8) is 0 Å². The van der Waals surface area contributed by atoms with Crippen LogP contribution in [0.5, 0.6) is 5.75 Å². The molecule has 128 valence electrons. The Morgan fingerprint density at radius 1 is 1.20 bits per heavy atom. The maximum Gasteiger partial charge on any atom is 0.335 e. The van der Waals surface area contributed by atoms with E-state index >= 15 is 0 Å². The number of anilines is 2. The number of hydrogen-bond donors (Lipinski definition) is 2. The molecule has 0 spiro atoms. The first-order valence-electron chi connectivity index (χ1n) is 7.61. The molecule has 7 heteroatoms. The number of ether oxygens (including phenoxy) is 1. The molecule has 1 aliphatic rings. The van der Waals surface area contributed by atoms with Crippen LogP contribution in [-0.4, -0.2) is 36.0 Å². The smallest absolute Gasteiger partial charge is 0.335 e. The highest BCUT2D eigenvalue weighted by atomic mass is 16.5. The molecule has 3 rings (SSSR count). The molecule has 2 amide bonds. The SMILES string of the molecule is COc1ccccc1N[C@H]1CC(=O)N(c2cccc(C(=O)O)c2)C1=O. The minimum absolute atomic E-state index is 0.0132. The van der Waals surface area contributed by atoms with Gasteiger partial charge in [-0.05, 0) is 30.3 Å². The van der Waals surface area contributed by atoms with Gasteiger partial charge in [-0.25, -0.2) is 9.69 Å². The van der Waals surface area contributed by atoms with Crippen LogP contribution in [0.25, 0.3) is 0 Å². The van der Waals surface area contributed by atoms with E-state index in [1.165, 1.54) is 31.4 Å². The van der Waals surface area contributed by atoms with Crippen LogP contribution in [0, 0.1) is 0 Å². The standard InChI is InChI=1S/C18H16N2O5/c1-25-15-8-3-2-7-13(15)19-14-10-16(21)20(17(14)22)12-6-4-5-11(9-12)18(23)24/h2-9,14,19H,10H2,1H3,(H,23,24)/t14-/m0/s1. The highest BCUT2D eigenvalue weighted by Crippen LogP contribution is 2.29. The summed E-state index contributed by atoms with van der Waals surface area (Å²) in [5.74, 6) is -1.38. The molecule has 0 aromatic heterocycles. The van der Waals surface area contributed by atoms with Gasteiger partial charge in [-0.2, -0.15) is 0 Å². The summed E-state index contributed by atoms with van der Waals surface area (Å²) >= 11 is 0. The molecule has 0 saturated carbocycles. The van der Waals surface area contributed by atoms with Gasteiger partial charge < -0.3 is 15.2 Å². The van der Waals surface area contributed by atoms with Crippen molar-refractivity contribution < 1.29 is 24.2 Å². The highest BCUT2D eigenvalue weighted by molar-refractivity contribution is 6.23. The number of amides is 2. The number of rotatable bonds is 5. The second-order valence-corrected chi connectivity index (χ2v) is 5.52. The minimum Gasteiger partial charge on any atom is -0.495 e. The van der Waals surface area contributed by atoms with Crippen molar-refractivity contribution in [3.05, 3.63) is 54.1 Å². The van der Waals surface area contributed by atoms with Crippen LogP contribution in [0.1, 0.15) is 16.8 Å². The molecule has 1 fully saturated rings. The van der Waals surface area contributed by atoms with E-state index in [2.05, 4.69) is 5.32 Å². The van der Waals surface area contributed by atoms with Crippen LogP contribution in [0.4, 0.5) is 11.4 Å². The maximum atomic E-state index is 12.7. The van der Waals surface area contributed by atoms with Crippen LogP contribution < -0.4 is 15.0 Å². The zero-order valence-electron chi connectivity index (χ0n) is 13.4. The van der Waals surface area contributed by atoms with Gasteiger partial charge in [0.2, 0.25) is 5.91 Å². The molecule has 1 saturated heterocycles. The Morgan fingerprint density at radius 2 is 1.96 bits per heavy atom. The third-order valence-electron chi connectivity index (χ3n) is 3.93. The Balaban J connectivity index is 1.85. The molecule has 2 N–H and O–H groups in total. The van der Waals surface area contributed by atoms with Crippen molar-refractivity contribution in [2.45, 2.75) is 12.5 Å². The number of imide groups is 1. The van der Waals surface area contributed by atoms with E-state index in [9.17, 15) is 14.4 Å². The molecule has 0 aliphatic carbocycles. The first kappa shape index (κ1) is 16.5. The molecule has 0 bridgehead atoms. The lowest BCUT2D eigenvalue weighted by Crippen LogP contribution is -2.35. The number of nitrogens with zero attached hydrogens (tertiary/aromatic N) is 1. The Labute approximate surface area is 143 Å². The summed E-state index contributed by atoms with van der Waals surface area (Å²) in [5.41, 5.74) is 0.871. The number of methoxy groups -OCH3 is 1. The van der Waals surface area contributed by atoms with E-state index in [0.717, 1.165) is 4.90 Å². The molecule has 0 unspecified atom stereocenters. The molecule has 0 radical (unpaired) electrons. The zero-order chi connectivity index (χ0) is 18.0. The van der Waals surface area contributed by atoms with E-state index in [1.807, 2.05) is 0 Å². The van der Waals surface area contributed by atoms with Crippen LogP contribution in [0.3, 0.4) is 0 Å². The lowest BCUT2D eigenvalue weighted by atomic mass is 10.2. The number of carboxylic acids is 1. The summed E-state index contributed by atoms with van der Waals surface area (Å²) in [5, 5.41) is 12.1. The quantitative estimate of drug-likeness (QED) is 0.810. The number of carbonyl (C=O) groups excluding carboxylic acids is 2. The minimum atomic E-state index is -1.12. The number of nitrogens with one attached hydrogen (secondary N) is 1. The number of benzene rings is 2. The maximum absolute atomic E-state index is 12.7. The summed E-state index contributed by atoms with van der Waals surface area (Å²) in [6.07, 6.45) is -0.0197. The molecular weight excluding hydrogens is 324 g/mol. The van der Waals surface area contributed by atoms with Gasteiger partial charge in [0, 0.05) is 0 Å². The topological polar surface area (TPSA) is 95.9 Å². The first-order chi connectivity index (χ1) is 12.0. The lowest BCUT2D eigenvalue weighted by Gasteiger charge is -2.17. The third kappa shape index (κ3) is 3.16. The number of para-hydroxylation sites is 2. The fourth-order valence-electron chi connectivity index (χ4n) is 2.75. The molecular formula is C18H16N2O5. The van der Waals surface area contributed by atoms with Crippen molar-refractivity contribution >= 4 is 29.2 Å². The van der Waals surface area contributed by atoms with Gasteiger partial charge in [0.05, 0.1) is 30.5 Å². The van der Waals surface area contributed by atoms with Gasteiger partial charge in [-0.3, -0.25) is 9.59 Å². The highest BCUT2D eigenvalue weighted by Gasteiger charge is 2.40. The number of carboxylic acid groups (broad SMARTS) is 1. The molecule has 1 heterocycles. The van der Waals surface area contributed by atoms with Gasteiger partial charge >= 0.3 is 5.97 Å². The largest absolute Gasteiger partial charge is 0.495 e. The zero-order valence-corrected chi connectivity index (χ0v) is 13.4. The van der Waals surface area contributed by atoms with E-state index in [1.54, 1.807) is 24.3 Å². The molecule has 1 atom stereocenters. The Bertz CT molecular complexity index is 849. The van der Waals surface area contributed by atoms with Crippen molar-refractivity contribution in [2.24, 2.45) is 0 Å². The van der Waals surface area contributed by atoms with Crippen LogP contribution in [0.15, 0.2) is 48.5 Å². The van der Waals surface area contributed by atoms with Gasteiger partial charge in [0.25, 0.3) is 5.91 Å². The molecule has 2 aromatic rings.